The average Bonchev–Trinajstić information content (AvgIpc) is 2.49. The summed E-state index contributed by atoms with van der Waals surface area (Å²) in [6.07, 6.45) is 0.703. The topological polar surface area (TPSA) is 105 Å². The Bertz CT molecular complexity index is 473. The maximum atomic E-state index is 11.3. The number of phenolic OH excluding ortho intramolecular Hbond substituents is 1. The molecule has 0 unspecified atom stereocenters. The van der Waals surface area contributed by atoms with E-state index >= 15 is 0 Å². The fraction of sp³-hybridized carbons (Fsp3) is 0.467. The van der Waals surface area contributed by atoms with Crippen molar-refractivity contribution in [3.8, 4) is 5.75 Å². The second kappa shape index (κ2) is 9.62. The van der Waals surface area contributed by atoms with Gasteiger partial charge in [0.1, 0.15) is 5.75 Å². The largest absolute Gasteiger partial charge is 0.508 e. The second-order valence-electron chi connectivity index (χ2n) is 4.76. The Morgan fingerprint density at radius 1 is 1.23 bits per heavy atom. The number of amides is 1. The number of benzene rings is 1. The van der Waals surface area contributed by atoms with E-state index in [2.05, 4.69) is 0 Å². The van der Waals surface area contributed by atoms with Crippen molar-refractivity contribution in [3.05, 3.63) is 29.8 Å². The summed E-state index contributed by atoms with van der Waals surface area (Å²) in [5.41, 5.74) is 2.64. The van der Waals surface area contributed by atoms with E-state index in [0.29, 0.717) is 5.56 Å². The Labute approximate surface area is 128 Å². The van der Waals surface area contributed by atoms with Crippen LogP contribution in [0.15, 0.2) is 24.3 Å². The minimum absolute atomic E-state index is 0.0473. The number of carboxylic acids is 1. The highest BCUT2D eigenvalue weighted by molar-refractivity contribution is 5.73. The number of rotatable bonds is 9. The molecule has 0 aliphatic heterocycles. The van der Waals surface area contributed by atoms with Gasteiger partial charge in [0.15, 0.2) is 6.10 Å². The summed E-state index contributed by atoms with van der Waals surface area (Å²) < 4.78 is 4.84. The molecule has 0 aliphatic rings. The van der Waals surface area contributed by atoms with Crippen LogP contribution in [0, 0.1) is 0 Å². The van der Waals surface area contributed by atoms with Crippen LogP contribution in [0.25, 0.3) is 0 Å². The Kier molecular flexibility index (Phi) is 7.77. The Balaban J connectivity index is 2.39. The van der Waals surface area contributed by atoms with Gasteiger partial charge in [0, 0.05) is 6.42 Å². The first-order chi connectivity index (χ1) is 10.5. The first kappa shape index (κ1) is 17.8. The average molecular weight is 311 g/mol. The van der Waals surface area contributed by atoms with Crippen molar-refractivity contribution in [2.24, 2.45) is 0 Å². The summed E-state index contributed by atoms with van der Waals surface area (Å²) in [6.45, 7) is 2.29. The zero-order chi connectivity index (χ0) is 16.4. The zero-order valence-electron chi connectivity index (χ0n) is 12.4. The molecule has 0 saturated carbocycles. The van der Waals surface area contributed by atoms with E-state index in [1.54, 1.807) is 12.1 Å². The number of aliphatic carboxylic acids is 1. The smallest absolute Gasteiger partial charge is 0.431 e. The first-order valence-corrected chi connectivity index (χ1v) is 7.12. The quantitative estimate of drug-likeness (QED) is 0.477. The molecule has 122 valence electrons. The molecule has 22 heavy (non-hydrogen) atoms. The number of carboxylic acid groups (broad SMARTS) is 1. The van der Waals surface area contributed by atoms with Gasteiger partial charge in [0.25, 0.3) is 0 Å². The van der Waals surface area contributed by atoms with Crippen molar-refractivity contribution in [1.29, 1.82) is 0 Å². The van der Waals surface area contributed by atoms with Crippen molar-refractivity contribution >= 4 is 12.1 Å². The van der Waals surface area contributed by atoms with Gasteiger partial charge in [-0.25, -0.2) is 9.59 Å². The van der Waals surface area contributed by atoms with Gasteiger partial charge in [-0.3, -0.25) is 4.84 Å². The van der Waals surface area contributed by atoms with Crippen LogP contribution in [0.4, 0.5) is 4.79 Å². The summed E-state index contributed by atoms with van der Waals surface area (Å²) in [6, 6.07) is 6.06. The second-order valence-corrected chi connectivity index (χ2v) is 4.76. The molecule has 1 aromatic rings. The maximum absolute atomic E-state index is 11.3. The minimum Gasteiger partial charge on any atom is -0.508 e. The molecule has 1 aromatic carbocycles. The molecule has 0 spiro atoms. The predicted molar refractivity (Wildman–Crippen MR) is 78.3 cm³/mol. The molecule has 0 radical (unpaired) electrons. The summed E-state index contributed by atoms with van der Waals surface area (Å²) in [4.78, 5) is 27.3. The van der Waals surface area contributed by atoms with Crippen molar-refractivity contribution in [1.82, 2.24) is 5.48 Å². The van der Waals surface area contributed by atoms with E-state index in [1.165, 1.54) is 12.1 Å². The lowest BCUT2D eigenvalue weighted by atomic mass is 10.1. The van der Waals surface area contributed by atoms with Crippen molar-refractivity contribution in [2.45, 2.75) is 38.7 Å². The SMILES string of the molecule is CCCCCOC(=O)NO[C@H](Cc1ccc(O)cc1)C(=O)O. The summed E-state index contributed by atoms with van der Waals surface area (Å²) in [5.74, 6) is -1.12. The highest BCUT2D eigenvalue weighted by Gasteiger charge is 2.20. The molecule has 7 heteroatoms. The molecule has 0 heterocycles. The molecular weight excluding hydrogens is 290 g/mol. The molecule has 7 nitrogen and oxygen atoms in total. The van der Waals surface area contributed by atoms with E-state index < -0.39 is 18.2 Å². The van der Waals surface area contributed by atoms with E-state index in [0.717, 1.165) is 19.3 Å². The van der Waals surface area contributed by atoms with Crippen LogP contribution in [0.1, 0.15) is 31.7 Å². The number of hydrogen-bond donors (Lipinski definition) is 3. The number of aromatic hydroxyl groups is 1. The Morgan fingerprint density at radius 3 is 2.50 bits per heavy atom. The lowest BCUT2D eigenvalue weighted by Gasteiger charge is -2.14. The molecular formula is C15H21NO6. The summed E-state index contributed by atoms with van der Waals surface area (Å²) in [5, 5.41) is 18.3. The number of carbonyl (C=O) groups excluding carboxylic acids is 1. The van der Waals surface area contributed by atoms with Gasteiger partial charge >= 0.3 is 12.1 Å². The number of hydrogen-bond acceptors (Lipinski definition) is 5. The predicted octanol–water partition coefficient (Wildman–Crippen LogP) is 2.24. The minimum atomic E-state index is -1.24. The number of unbranched alkanes of at least 4 members (excludes halogenated alkanes) is 2. The third kappa shape index (κ3) is 6.94. The number of nitrogens with one attached hydrogen (secondary N) is 1. The van der Waals surface area contributed by atoms with Gasteiger partial charge in [-0.1, -0.05) is 31.9 Å². The van der Waals surface area contributed by atoms with E-state index in [9.17, 15) is 14.7 Å². The number of carbonyl (C=O) groups is 2. The van der Waals surface area contributed by atoms with Crippen molar-refractivity contribution in [2.75, 3.05) is 6.61 Å². The van der Waals surface area contributed by atoms with E-state index in [1.807, 2.05) is 12.4 Å². The molecule has 3 N–H and O–H groups in total. The van der Waals surface area contributed by atoms with Crippen LogP contribution in [-0.4, -0.2) is 35.0 Å². The Hall–Kier alpha value is -2.28. The van der Waals surface area contributed by atoms with Crippen LogP contribution in [-0.2, 0) is 20.8 Å². The summed E-state index contributed by atoms with van der Waals surface area (Å²) in [7, 11) is 0. The molecule has 0 fully saturated rings. The fourth-order valence-electron chi connectivity index (χ4n) is 1.69. The van der Waals surface area contributed by atoms with Gasteiger partial charge in [0.05, 0.1) is 6.61 Å². The van der Waals surface area contributed by atoms with Gasteiger partial charge in [0.2, 0.25) is 0 Å². The number of ether oxygens (including phenoxy) is 1. The maximum Gasteiger partial charge on any atom is 0.431 e. The molecule has 0 saturated heterocycles. The number of hydroxylamine groups is 1. The molecule has 1 atom stereocenters. The van der Waals surface area contributed by atoms with E-state index in [-0.39, 0.29) is 18.8 Å². The normalized spacial score (nSPS) is 11.7. The third-order valence-electron chi connectivity index (χ3n) is 2.90. The Morgan fingerprint density at radius 2 is 1.91 bits per heavy atom. The standard InChI is InChI=1S/C15H21NO6/c1-2-3-4-9-21-15(20)16-22-13(14(18)19)10-11-5-7-12(17)8-6-11/h5-8,13,17H,2-4,9-10H2,1H3,(H,16,20)(H,18,19)/t13-/m1/s1. The van der Waals surface area contributed by atoms with Crippen molar-refractivity contribution in [3.63, 3.8) is 0 Å². The van der Waals surface area contributed by atoms with Crippen LogP contribution in [0.5, 0.6) is 5.75 Å². The number of phenols is 1. The molecule has 0 bridgehead atoms. The van der Waals surface area contributed by atoms with Gasteiger partial charge in [-0.05, 0) is 24.1 Å². The lowest BCUT2D eigenvalue weighted by Crippen LogP contribution is -2.36. The van der Waals surface area contributed by atoms with Crippen LogP contribution in [0.3, 0.4) is 0 Å². The highest BCUT2D eigenvalue weighted by atomic mass is 16.7. The van der Waals surface area contributed by atoms with Crippen molar-refractivity contribution < 1.29 is 29.4 Å². The molecule has 0 aromatic heterocycles. The van der Waals surface area contributed by atoms with Gasteiger partial charge in [-0.2, -0.15) is 5.48 Å². The van der Waals surface area contributed by atoms with Gasteiger partial charge < -0.3 is 14.9 Å². The molecule has 1 amide bonds. The highest BCUT2D eigenvalue weighted by Crippen LogP contribution is 2.12. The summed E-state index contributed by atoms with van der Waals surface area (Å²) >= 11 is 0. The molecule has 1 rings (SSSR count). The zero-order valence-corrected chi connectivity index (χ0v) is 12.4. The first-order valence-electron chi connectivity index (χ1n) is 7.12. The van der Waals surface area contributed by atoms with Crippen LogP contribution in [0.2, 0.25) is 0 Å². The fourth-order valence-corrected chi connectivity index (χ4v) is 1.69. The lowest BCUT2D eigenvalue weighted by molar-refractivity contribution is -0.154. The van der Waals surface area contributed by atoms with Gasteiger partial charge in [-0.15, -0.1) is 0 Å². The molecule has 0 aliphatic carbocycles. The van der Waals surface area contributed by atoms with E-state index in [4.69, 9.17) is 14.7 Å². The van der Waals surface area contributed by atoms with Crippen LogP contribution < -0.4 is 5.48 Å². The monoisotopic (exact) mass is 311 g/mol. The third-order valence-corrected chi connectivity index (χ3v) is 2.90. The van der Waals surface area contributed by atoms with Crippen LogP contribution >= 0.6 is 0 Å².